The highest BCUT2D eigenvalue weighted by molar-refractivity contribution is 7.92. The van der Waals surface area contributed by atoms with Crippen LogP contribution in [-0.2, 0) is 21.3 Å². The van der Waals surface area contributed by atoms with Crippen molar-refractivity contribution in [3.63, 3.8) is 0 Å². The van der Waals surface area contributed by atoms with Crippen LogP contribution in [-0.4, -0.2) is 19.7 Å². The molecule has 1 N–H and O–H groups in total. The topological polar surface area (TPSA) is 82.5 Å². The molecule has 0 radical (unpaired) electrons. The fourth-order valence-electron chi connectivity index (χ4n) is 3.33. The normalized spacial score (nSPS) is 17.6. The summed E-state index contributed by atoms with van der Waals surface area (Å²) in [5.41, 5.74) is -0.170. The number of halogens is 3. The number of hydrogen-bond donors (Lipinski definition) is 1. The Hall–Kier alpha value is -2.86. The molecule has 29 heavy (non-hydrogen) atoms. The molecule has 1 aliphatic carbocycles. The summed E-state index contributed by atoms with van der Waals surface area (Å²) in [4.78, 5) is 0.239. The van der Waals surface area contributed by atoms with E-state index < -0.39 is 26.9 Å². The van der Waals surface area contributed by atoms with Gasteiger partial charge in [-0.1, -0.05) is 19.1 Å². The third-order valence-corrected chi connectivity index (χ3v) is 7.17. The van der Waals surface area contributed by atoms with Gasteiger partial charge in [0, 0.05) is 17.3 Å². The number of nitrogens with zero attached hydrogens (tertiary/aromatic N) is 3. The fourth-order valence-corrected chi connectivity index (χ4v) is 4.45. The molecule has 3 aromatic rings. The highest BCUT2D eigenvalue weighted by Gasteiger charge is 2.45. The van der Waals surface area contributed by atoms with Gasteiger partial charge in [-0.2, -0.15) is 23.5 Å². The number of hydrogen-bond acceptors (Lipinski definition) is 4. The van der Waals surface area contributed by atoms with E-state index in [-0.39, 0.29) is 16.2 Å². The molecule has 2 aromatic carbocycles. The zero-order chi connectivity index (χ0) is 21.0. The van der Waals surface area contributed by atoms with Gasteiger partial charge in [0.25, 0.3) is 0 Å². The van der Waals surface area contributed by atoms with E-state index in [0.29, 0.717) is 29.5 Å². The Kier molecular flexibility index (Phi) is 4.24. The number of benzene rings is 2. The Morgan fingerprint density at radius 2 is 2.00 bits per heavy atom. The van der Waals surface area contributed by atoms with Gasteiger partial charge in [0.2, 0.25) is 0 Å². The minimum atomic E-state index is -4.47. The predicted molar refractivity (Wildman–Crippen MR) is 102 cm³/mol. The number of aromatic nitrogens is 2. The molecule has 150 valence electrons. The molecule has 0 aliphatic heterocycles. The summed E-state index contributed by atoms with van der Waals surface area (Å²) in [7, 11) is -3.16. The van der Waals surface area contributed by atoms with Gasteiger partial charge < -0.3 is 0 Å². The summed E-state index contributed by atoms with van der Waals surface area (Å²) in [5, 5.41) is 14.2. The molecular formula is C20H17F3N4OS. The van der Waals surface area contributed by atoms with Gasteiger partial charge in [-0.15, -0.1) is 0 Å². The highest BCUT2D eigenvalue weighted by Crippen LogP contribution is 2.48. The molecule has 1 heterocycles. The van der Waals surface area contributed by atoms with Crippen LogP contribution in [0.5, 0.6) is 0 Å². The van der Waals surface area contributed by atoms with Crippen LogP contribution in [0.2, 0.25) is 0 Å². The molecule has 1 unspecified atom stereocenters. The lowest BCUT2D eigenvalue weighted by atomic mass is 9.97. The molecular weight excluding hydrogens is 401 g/mol. The van der Waals surface area contributed by atoms with Gasteiger partial charge >= 0.3 is 6.18 Å². The maximum Gasteiger partial charge on any atom is 0.416 e. The van der Waals surface area contributed by atoms with Crippen molar-refractivity contribution in [2.45, 2.75) is 36.3 Å². The van der Waals surface area contributed by atoms with Gasteiger partial charge in [-0.25, -0.2) is 13.7 Å². The molecule has 1 fully saturated rings. The Bertz CT molecular complexity index is 1270. The number of nitriles is 1. The third kappa shape index (κ3) is 3.27. The summed E-state index contributed by atoms with van der Waals surface area (Å²) < 4.78 is 61.5. The van der Waals surface area contributed by atoms with E-state index in [2.05, 4.69) is 11.2 Å². The number of rotatable bonds is 4. The van der Waals surface area contributed by atoms with Gasteiger partial charge in [-0.05, 0) is 42.7 Å². The first-order valence-corrected chi connectivity index (χ1v) is 10.7. The Balaban J connectivity index is 1.89. The maximum absolute atomic E-state index is 13.0. The van der Waals surface area contributed by atoms with E-state index in [1.54, 1.807) is 31.3 Å². The van der Waals surface area contributed by atoms with Gasteiger partial charge in [0.15, 0.2) is 0 Å². The van der Waals surface area contributed by atoms with Crippen LogP contribution in [0.1, 0.15) is 30.9 Å². The van der Waals surface area contributed by atoms with Crippen molar-refractivity contribution in [2.75, 3.05) is 5.75 Å². The van der Waals surface area contributed by atoms with Crippen LogP contribution in [0.4, 0.5) is 13.2 Å². The van der Waals surface area contributed by atoms with Crippen LogP contribution >= 0.6 is 0 Å². The van der Waals surface area contributed by atoms with Crippen molar-refractivity contribution in [1.29, 1.82) is 10.0 Å². The van der Waals surface area contributed by atoms with E-state index in [9.17, 15) is 22.6 Å². The Labute approximate surface area is 165 Å². The Morgan fingerprint density at radius 1 is 1.28 bits per heavy atom. The first-order chi connectivity index (χ1) is 13.6. The van der Waals surface area contributed by atoms with Crippen LogP contribution < -0.4 is 0 Å². The minimum Gasteiger partial charge on any atom is -0.249 e. The fraction of sp³-hybridized carbons (Fsp3) is 0.300. The smallest absolute Gasteiger partial charge is 0.249 e. The second kappa shape index (κ2) is 6.32. The van der Waals surface area contributed by atoms with Crippen LogP contribution in [0.3, 0.4) is 0 Å². The maximum atomic E-state index is 13.0. The first-order valence-electron chi connectivity index (χ1n) is 8.99. The lowest BCUT2D eigenvalue weighted by Gasteiger charge is -2.15. The largest absolute Gasteiger partial charge is 0.416 e. The lowest BCUT2D eigenvalue weighted by molar-refractivity contribution is -0.137. The van der Waals surface area contributed by atoms with Crippen LogP contribution in [0.25, 0.3) is 16.6 Å². The van der Waals surface area contributed by atoms with Crippen molar-refractivity contribution in [3.05, 3.63) is 53.7 Å². The Morgan fingerprint density at radius 3 is 2.59 bits per heavy atom. The van der Waals surface area contributed by atoms with Crippen LogP contribution in [0, 0.1) is 16.1 Å². The van der Waals surface area contributed by atoms with Gasteiger partial charge in [0.1, 0.15) is 0 Å². The molecule has 0 saturated heterocycles. The monoisotopic (exact) mass is 418 g/mol. The van der Waals surface area contributed by atoms with Crippen molar-refractivity contribution in [1.82, 2.24) is 9.78 Å². The second-order valence-corrected chi connectivity index (χ2v) is 9.55. The van der Waals surface area contributed by atoms with Crippen LogP contribution in [0.15, 0.2) is 47.5 Å². The molecule has 0 bridgehead atoms. The zero-order valence-electron chi connectivity index (χ0n) is 15.5. The zero-order valence-corrected chi connectivity index (χ0v) is 16.3. The second-order valence-electron chi connectivity index (χ2n) is 7.19. The van der Waals surface area contributed by atoms with Crippen molar-refractivity contribution >= 4 is 20.6 Å². The quantitative estimate of drug-likeness (QED) is 0.645. The molecule has 9 heteroatoms. The van der Waals surface area contributed by atoms with E-state index in [0.717, 1.165) is 12.1 Å². The SMILES string of the molecule is CCS(=N)(=O)c1cc(C2(C#N)CC2)ccc1-n1cc2ccc(C(F)(F)F)cc2n1. The molecule has 1 atom stereocenters. The van der Waals surface area contributed by atoms with E-state index in [4.69, 9.17) is 4.78 Å². The summed E-state index contributed by atoms with van der Waals surface area (Å²) in [6.45, 7) is 1.64. The average molecular weight is 418 g/mol. The number of fused-ring (bicyclic) bond motifs is 1. The third-order valence-electron chi connectivity index (χ3n) is 5.32. The van der Waals surface area contributed by atoms with E-state index in [1.807, 2.05) is 0 Å². The highest BCUT2D eigenvalue weighted by atomic mass is 32.2. The summed E-state index contributed by atoms with van der Waals surface area (Å²) in [5.74, 6) is 0.0714. The first kappa shape index (κ1) is 19.5. The van der Waals surface area contributed by atoms with Crippen molar-refractivity contribution < 1.29 is 17.4 Å². The van der Waals surface area contributed by atoms with Crippen molar-refractivity contribution in [2.24, 2.45) is 0 Å². The predicted octanol–water partition coefficient (Wildman–Crippen LogP) is 5.03. The summed E-state index contributed by atoms with van der Waals surface area (Å²) >= 11 is 0. The molecule has 1 saturated carbocycles. The number of nitrogens with one attached hydrogen (secondary N) is 1. The molecule has 4 rings (SSSR count). The molecule has 1 aliphatic rings. The average Bonchev–Trinajstić information content (AvgIpc) is 3.38. The molecule has 0 amide bonds. The summed E-state index contributed by atoms with van der Waals surface area (Å²) in [6.07, 6.45) is -1.51. The van der Waals surface area contributed by atoms with Crippen molar-refractivity contribution in [3.8, 4) is 11.8 Å². The van der Waals surface area contributed by atoms with Gasteiger partial charge in [0.05, 0.1) is 42.9 Å². The minimum absolute atomic E-state index is 0.0714. The molecule has 5 nitrogen and oxygen atoms in total. The van der Waals surface area contributed by atoms with E-state index >= 15 is 0 Å². The number of alkyl halides is 3. The standard InChI is InChI=1S/C20H17F3N4OS/c1-2-29(25,28)18-10-14(19(12-24)7-8-19)5-6-17(18)27-11-13-3-4-15(20(21,22)23)9-16(13)26-27/h3-6,9-11,25H,2,7-8H2,1H3. The molecule has 1 aromatic heterocycles. The molecule has 0 spiro atoms. The summed E-state index contributed by atoms with van der Waals surface area (Å²) in [6, 6.07) is 10.6. The lowest BCUT2D eigenvalue weighted by Crippen LogP contribution is -2.11. The van der Waals surface area contributed by atoms with Gasteiger partial charge in [-0.3, -0.25) is 0 Å². The van der Waals surface area contributed by atoms with E-state index in [1.165, 1.54) is 10.7 Å².